The number of pyridine rings is 1. The van der Waals surface area contributed by atoms with Crippen molar-refractivity contribution in [3.8, 4) is 11.5 Å². The Morgan fingerprint density at radius 2 is 2.40 bits per heavy atom. The van der Waals surface area contributed by atoms with E-state index in [4.69, 9.17) is 21.4 Å². The number of hydrogen-bond donors (Lipinski definition) is 1. The van der Waals surface area contributed by atoms with Crippen molar-refractivity contribution < 1.29 is 9.15 Å². The van der Waals surface area contributed by atoms with E-state index in [1.54, 1.807) is 11.7 Å². The topological polar surface area (TPSA) is 73.1 Å². The SMILES string of the molecule is COCCn1c2c(cc(-c3n[nH]c(=S)o3)c1=O)CCC2. The number of hydrogen-bond acceptors (Lipinski definition) is 5. The third kappa shape index (κ3) is 2.23. The van der Waals surface area contributed by atoms with E-state index < -0.39 is 0 Å². The second-order valence-corrected chi connectivity index (χ2v) is 5.12. The molecule has 1 aliphatic carbocycles. The molecule has 20 heavy (non-hydrogen) atoms. The molecule has 0 fully saturated rings. The summed E-state index contributed by atoms with van der Waals surface area (Å²) in [6.07, 6.45) is 2.97. The van der Waals surface area contributed by atoms with Gasteiger partial charge in [0.2, 0.25) is 0 Å². The number of H-pyrrole nitrogens is 1. The van der Waals surface area contributed by atoms with Gasteiger partial charge in [-0.15, -0.1) is 5.10 Å². The number of aromatic nitrogens is 3. The Morgan fingerprint density at radius 3 is 3.10 bits per heavy atom. The first-order valence-electron chi connectivity index (χ1n) is 6.51. The fourth-order valence-electron chi connectivity index (χ4n) is 2.64. The van der Waals surface area contributed by atoms with Crippen LogP contribution >= 0.6 is 12.2 Å². The highest BCUT2D eigenvalue weighted by atomic mass is 32.1. The quantitative estimate of drug-likeness (QED) is 0.869. The summed E-state index contributed by atoms with van der Waals surface area (Å²) in [5.74, 6) is 0.251. The normalized spacial score (nSPS) is 13.7. The third-order valence-corrected chi connectivity index (χ3v) is 3.71. The first kappa shape index (κ1) is 13.3. The predicted molar refractivity (Wildman–Crippen MR) is 75.3 cm³/mol. The number of nitrogens with zero attached hydrogens (tertiary/aromatic N) is 2. The Bertz CT molecular complexity index is 744. The predicted octanol–water partition coefficient (Wildman–Crippen LogP) is 1.70. The van der Waals surface area contributed by atoms with Gasteiger partial charge in [-0.05, 0) is 43.1 Å². The van der Waals surface area contributed by atoms with Crippen LogP contribution in [0.25, 0.3) is 11.5 Å². The van der Waals surface area contributed by atoms with Crippen molar-refractivity contribution in [1.29, 1.82) is 0 Å². The second-order valence-electron chi connectivity index (χ2n) is 4.75. The van der Waals surface area contributed by atoms with Gasteiger partial charge in [-0.2, -0.15) is 0 Å². The van der Waals surface area contributed by atoms with Crippen LogP contribution in [0.15, 0.2) is 15.3 Å². The summed E-state index contributed by atoms with van der Waals surface area (Å²) in [6.45, 7) is 1.04. The van der Waals surface area contributed by atoms with Gasteiger partial charge in [0.15, 0.2) is 0 Å². The van der Waals surface area contributed by atoms with Crippen LogP contribution < -0.4 is 5.56 Å². The molecule has 0 bridgehead atoms. The van der Waals surface area contributed by atoms with Crippen LogP contribution in [-0.4, -0.2) is 28.5 Å². The molecule has 2 aromatic rings. The largest absolute Gasteiger partial charge is 0.409 e. The van der Waals surface area contributed by atoms with Crippen molar-refractivity contribution in [2.75, 3.05) is 13.7 Å². The molecule has 0 saturated carbocycles. The zero-order valence-electron chi connectivity index (χ0n) is 11.1. The third-order valence-electron chi connectivity index (χ3n) is 3.54. The summed E-state index contributed by atoms with van der Waals surface area (Å²) in [5.41, 5.74) is 2.63. The lowest BCUT2D eigenvalue weighted by Crippen LogP contribution is -2.27. The zero-order chi connectivity index (χ0) is 14.1. The molecule has 106 valence electrons. The van der Waals surface area contributed by atoms with Crippen molar-refractivity contribution >= 4 is 12.2 Å². The molecule has 6 nitrogen and oxygen atoms in total. The van der Waals surface area contributed by atoms with Gasteiger partial charge in [0.1, 0.15) is 5.56 Å². The van der Waals surface area contributed by atoms with Gasteiger partial charge in [0.25, 0.3) is 16.3 Å². The molecule has 0 unspecified atom stereocenters. The summed E-state index contributed by atoms with van der Waals surface area (Å²) in [5, 5.41) is 6.50. The van der Waals surface area contributed by atoms with E-state index in [2.05, 4.69) is 10.2 Å². The van der Waals surface area contributed by atoms with Gasteiger partial charge >= 0.3 is 0 Å². The molecule has 0 saturated heterocycles. The van der Waals surface area contributed by atoms with Gasteiger partial charge < -0.3 is 13.7 Å². The van der Waals surface area contributed by atoms with Crippen LogP contribution in [0.3, 0.4) is 0 Å². The Kier molecular flexibility index (Phi) is 3.54. The van der Waals surface area contributed by atoms with E-state index in [1.165, 1.54) is 5.56 Å². The van der Waals surface area contributed by atoms with E-state index in [-0.39, 0.29) is 16.3 Å². The van der Waals surface area contributed by atoms with Crippen LogP contribution in [0.4, 0.5) is 0 Å². The molecule has 1 aliphatic rings. The van der Waals surface area contributed by atoms with E-state index in [0.717, 1.165) is 25.0 Å². The highest BCUT2D eigenvalue weighted by Crippen LogP contribution is 2.24. The van der Waals surface area contributed by atoms with E-state index in [1.807, 2.05) is 6.07 Å². The highest BCUT2D eigenvalue weighted by Gasteiger charge is 2.21. The Morgan fingerprint density at radius 1 is 1.55 bits per heavy atom. The molecule has 0 aliphatic heterocycles. The average Bonchev–Trinajstić information content (AvgIpc) is 3.05. The highest BCUT2D eigenvalue weighted by molar-refractivity contribution is 7.71. The number of rotatable bonds is 4. The summed E-state index contributed by atoms with van der Waals surface area (Å²) >= 11 is 4.86. The van der Waals surface area contributed by atoms with Gasteiger partial charge in [0.05, 0.1) is 6.61 Å². The van der Waals surface area contributed by atoms with Gasteiger partial charge in [-0.25, -0.2) is 5.10 Å². The van der Waals surface area contributed by atoms with Crippen LogP contribution in [-0.2, 0) is 24.1 Å². The lowest BCUT2D eigenvalue weighted by molar-refractivity contribution is 0.185. The van der Waals surface area contributed by atoms with Crippen molar-refractivity contribution in [1.82, 2.24) is 14.8 Å². The first-order chi connectivity index (χ1) is 9.70. The minimum absolute atomic E-state index is 0.104. The van der Waals surface area contributed by atoms with Gasteiger partial charge in [0, 0.05) is 19.3 Å². The van der Waals surface area contributed by atoms with Crippen molar-refractivity contribution in [2.24, 2.45) is 0 Å². The second kappa shape index (κ2) is 5.34. The first-order valence-corrected chi connectivity index (χ1v) is 6.92. The molecule has 0 amide bonds. The molecule has 7 heteroatoms. The minimum atomic E-state index is -0.104. The number of aromatic amines is 1. The molecule has 0 atom stereocenters. The van der Waals surface area contributed by atoms with Crippen LogP contribution in [0, 0.1) is 4.84 Å². The van der Waals surface area contributed by atoms with Crippen LogP contribution in [0.5, 0.6) is 0 Å². The average molecular weight is 293 g/mol. The number of methoxy groups -OCH3 is 1. The van der Waals surface area contributed by atoms with Crippen LogP contribution in [0.1, 0.15) is 17.7 Å². The zero-order valence-corrected chi connectivity index (χ0v) is 12.0. The lowest BCUT2D eigenvalue weighted by Gasteiger charge is -2.13. The standard InChI is InChI=1S/C13H15N3O3S/c1-18-6-5-16-10-4-2-3-8(10)7-9(12(16)17)11-14-15-13(20)19-11/h7H,2-6H2,1H3,(H,15,20). The molecular weight excluding hydrogens is 278 g/mol. The van der Waals surface area contributed by atoms with E-state index >= 15 is 0 Å². The maximum absolute atomic E-state index is 12.6. The minimum Gasteiger partial charge on any atom is -0.409 e. The maximum Gasteiger partial charge on any atom is 0.284 e. The molecule has 3 rings (SSSR count). The van der Waals surface area contributed by atoms with Crippen LogP contribution in [0.2, 0.25) is 0 Å². The molecule has 0 radical (unpaired) electrons. The molecule has 0 spiro atoms. The Labute approximate surface area is 120 Å². The summed E-state index contributed by atoms with van der Waals surface area (Å²) < 4.78 is 12.1. The number of nitrogens with one attached hydrogen (secondary N) is 1. The summed E-state index contributed by atoms with van der Waals surface area (Å²) in [4.78, 5) is 12.8. The van der Waals surface area contributed by atoms with Crippen molar-refractivity contribution in [3.63, 3.8) is 0 Å². The lowest BCUT2D eigenvalue weighted by atomic mass is 10.1. The molecular formula is C13H15N3O3S. The molecule has 0 aromatic carbocycles. The Hall–Kier alpha value is -1.73. The smallest absolute Gasteiger partial charge is 0.284 e. The van der Waals surface area contributed by atoms with E-state index in [9.17, 15) is 4.79 Å². The fraction of sp³-hybridized carbons (Fsp3) is 0.462. The fourth-order valence-corrected chi connectivity index (χ4v) is 2.76. The number of ether oxygens (including phenoxy) is 1. The van der Waals surface area contributed by atoms with Crippen molar-refractivity contribution in [3.05, 3.63) is 32.5 Å². The summed E-state index contributed by atoms with van der Waals surface area (Å²) in [7, 11) is 1.63. The Balaban J connectivity index is 2.16. The number of aryl methyl sites for hydroxylation is 1. The molecule has 2 aromatic heterocycles. The monoisotopic (exact) mass is 293 g/mol. The maximum atomic E-state index is 12.6. The van der Waals surface area contributed by atoms with Gasteiger partial charge in [-0.1, -0.05) is 0 Å². The van der Waals surface area contributed by atoms with Crippen molar-refractivity contribution in [2.45, 2.75) is 25.8 Å². The summed E-state index contributed by atoms with van der Waals surface area (Å²) in [6, 6.07) is 1.88. The van der Waals surface area contributed by atoms with E-state index in [0.29, 0.717) is 18.7 Å². The van der Waals surface area contributed by atoms with Gasteiger partial charge in [-0.3, -0.25) is 4.79 Å². The molecule has 1 N–H and O–H groups in total. The number of fused-ring (bicyclic) bond motifs is 1. The molecule has 2 heterocycles.